The predicted octanol–water partition coefficient (Wildman–Crippen LogP) is 1.38. The number of nitrogens with one attached hydrogen (secondary N) is 1. The lowest BCUT2D eigenvalue weighted by Gasteiger charge is -2.39. The molecule has 2 heterocycles. The molecular formula is C17H21N5O. The van der Waals surface area contributed by atoms with Crippen molar-refractivity contribution in [1.82, 2.24) is 14.9 Å². The van der Waals surface area contributed by atoms with Crippen molar-refractivity contribution >= 4 is 16.7 Å². The van der Waals surface area contributed by atoms with Crippen molar-refractivity contribution < 1.29 is 0 Å². The average Bonchev–Trinajstić information content (AvgIpc) is 2.58. The second-order valence-electron chi connectivity index (χ2n) is 6.14. The van der Waals surface area contributed by atoms with Gasteiger partial charge in [-0.15, -0.1) is 0 Å². The van der Waals surface area contributed by atoms with Gasteiger partial charge in [-0.25, -0.2) is 4.79 Å². The van der Waals surface area contributed by atoms with Crippen LogP contribution in [0.25, 0.3) is 10.9 Å². The van der Waals surface area contributed by atoms with E-state index < -0.39 is 0 Å². The third-order valence-corrected chi connectivity index (χ3v) is 4.63. The summed E-state index contributed by atoms with van der Waals surface area (Å²) in [4.78, 5) is 18.8. The van der Waals surface area contributed by atoms with Gasteiger partial charge in [0.25, 0.3) is 0 Å². The van der Waals surface area contributed by atoms with Crippen LogP contribution >= 0.6 is 0 Å². The molecule has 1 N–H and O–H groups in total. The van der Waals surface area contributed by atoms with Gasteiger partial charge >= 0.3 is 5.69 Å². The van der Waals surface area contributed by atoms with Crippen LogP contribution in [0.4, 0.5) is 5.82 Å². The topological polar surface area (TPSA) is 74.0 Å². The van der Waals surface area contributed by atoms with Crippen molar-refractivity contribution in [3.05, 3.63) is 34.2 Å². The lowest BCUT2D eigenvalue weighted by atomic mass is 10.1. The van der Waals surface area contributed by atoms with Crippen LogP contribution in [0.15, 0.2) is 23.0 Å². The highest BCUT2D eigenvalue weighted by molar-refractivity contribution is 5.91. The zero-order valence-corrected chi connectivity index (χ0v) is 13.7. The maximum absolute atomic E-state index is 12.3. The summed E-state index contributed by atoms with van der Waals surface area (Å²) in [6.45, 7) is 5.94. The molecule has 120 valence electrons. The minimum Gasteiger partial charge on any atom is -0.350 e. The molecular weight excluding hydrogens is 290 g/mol. The van der Waals surface area contributed by atoms with Crippen molar-refractivity contribution in [2.75, 3.05) is 18.0 Å². The summed E-state index contributed by atoms with van der Waals surface area (Å²) < 4.78 is 1.53. The molecule has 1 unspecified atom stereocenters. The molecule has 0 bridgehead atoms. The molecule has 1 saturated heterocycles. The van der Waals surface area contributed by atoms with Gasteiger partial charge in [0.15, 0.2) is 0 Å². The lowest BCUT2D eigenvalue weighted by molar-refractivity contribution is 0.396. The van der Waals surface area contributed by atoms with Crippen LogP contribution in [-0.2, 0) is 7.05 Å². The Hall–Kier alpha value is -2.39. The summed E-state index contributed by atoms with van der Waals surface area (Å²) in [5.41, 5.74) is 1.11. The monoisotopic (exact) mass is 311 g/mol. The van der Waals surface area contributed by atoms with Gasteiger partial charge in [0.2, 0.25) is 0 Å². The highest BCUT2D eigenvalue weighted by Gasteiger charge is 2.27. The Morgan fingerprint density at radius 2 is 2.26 bits per heavy atom. The third kappa shape index (κ3) is 2.68. The Morgan fingerprint density at radius 1 is 1.48 bits per heavy atom. The first-order valence-electron chi connectivity index (χ1n) is 7.96. The van der Waals surface area contributed by atoms with Crippen molar-refractivity contribution in [3.63, 3.8) is 0 Å². The summed E-state index contributed by atoms with van der Waals surface area (Å²) in [5, 5.41) is 13.6. The van der Waals surface area contributed by atoms with E-state index in [0.717, 1.165) is 30.4 Å². The molecule has 1 aromatic carbocycles. The SMILES string of the molecule is CC[C@@H]1CN(c2nc(=O)n(C)c3ccc(C#N)cc23)C(C)CN1. The minimum atomic E-state index is -0.268. The molecule has 2 aromatic rings. The van der Waals surface area contributed by atoms with Crippen LogP contribution in [0, 0.1) is 11.3 Å². The summed E-state index contributed by atoms with van der Waals surface area (Å²) in [7, 11) is 1.71. The molecule has 1 aliphatic rings. The van der Waals surface area contributed by atoms with Crippen LogP contribution in [-0.4, -0.2) is 34.7 Å². The van der Waals surface area contributed by atoms with E-state index in [9.17, 15) is 10.1 Å². The first kappa shape index (κ1) is 15.5. The van der Waals surface area contributed by atoms with Gasteiger partial charge in [-0.2, -0.15) is 10.2 Å². The molecule has 6 heteroatoms. The van der Waals surface area contributed by atoms with E-state index in [1.54, 1.807) is 13.1 Å². The summed E-state index contributed by atoms with van der Waals surface area (Å²) >= 11 is 0. The molecule has 23 heavy (non-hydrogen) atoms. The van der Waals surface area contributed by atoms with Crippen molar-refractivity contribution in [2.45, 2.75) is 32.4 Å². The number of hydrogen-bond donors (Lipinski definition) is 1. The second kappa shape index (κ2) is 6.01. The van der Waals surface area contributed by atoms with Gasteiger partial charge in [-0.1, -0.05) is 6.92 Å². The number of nitriles is 1. The van der Waals surface area contributed by atoms with Gasteiger partial charge in [-0.05, 0) is 31.5 Å². The number of anilines is 1. The van der Waals surface area contributed by atoms with E-state index in [2.05, 4.69) is 35.1 Å². The Bertz CT molecular complexity index is 835. The first-order chi connectivity index (χ1) is 11.0. The van der Waals surface area contributed by atoms with Crippen LogP contribution in [0.5, 0.6) is 0 Å². The first-order valence-corrected chi connectivity index (χ1v) is 7.96. The van der Waals surface area contributed by atoms with E-state index in [-0.39, 0.29) is 11.7 Å². The molecule has 0 saturated carbocycles. The number of benzene rings is 1. The Morgan fingerprint density at radius 3 is 2.96 bits per heavy atom. The van der Waals surface area contributed by atoms with Crippen molar-refractivity contribution in [2.24, 2.45) is 7.05 Å². The van der Waals surface area contributed by atoms with E-state index >= 15 is 0 Å². The van der Waals surface area contributed by atoms with Crippen LogP contribution < -0.4 is 15.9 Å². The average molecular weight is 311 g/mol. The Kier molecular flexibility index (Phi) is 4.05. The molecule has 1 aliphatic heterocycles. The quantitative estimate of drug-likeness (QED) is 0.907. The Balaban J connectivity index is 2.21. The number of hydrogen-bond acceptors (Lipinski definition) is 5. The third-order valence-electron chi connectivity index (χ3n) is 4.63. The zero-order valence-electron chi connectivity index (χ0n) is 13.7. The standard InChI is InChI=1S/C17H21N5O/c1-4-13-10-22(11(2)9-19-13)16-14-7-12(8-18)5-6-15(14)21(3)17(23)20-16/h5-7,11,13,19H,4,9-10H2,1-3H3/t11?,13-/m1/s1. The lowest BCUT2D eigenvalue weighted by Crippen LogP contribution is -2.56. The highest BCUT2D eigenvalue weighted by Crippen LogP contribution is 2.27. The number of rotatable bonds is 2. The summed E-state index contributed by atoms with van der Waals surface area (Å²) in [5.74, 6) is 0.688. The van der Waals surface area contributed by atoms with Gasteiger partial charge in [0.1, 0.15) is 5.82 Å². The molecule has 0 spiro atoms. The molecule has 6 nitrogen and oxygen atoms in total. The largest absolute Gasteiger partial charge is 0.350 e. The van der Waals surface area contributed by atoms with Gasteiger partial charge in [0.05, 0.1) is 17.1 Å². The highest BCUT2D eigenvalue weighted by atomic mass is 16.1. The minimum absolute atomic E-state index is 0.242. The maximum Gasteiger partial charge on any atom is 0.349 e. The number of aryl methyl sites for hydroxylation is 1. The predicted molar refractivity (Wildman–Crippen MR) is 90.6 cm³/mol. The molecule has 1 aromatic heterocycles. The fourth-order valence-corrected chi connectivity index (χ4v) is 3.12. The summed E-state index contributed by atoms with van der Waals surface area (Å²) in [6.07, 6.45) is 1.02. The van der Waals surface area contributed by atoms with E-state index in [0.29, 0.717) is 17.4 Å². The molecule has 0 aliphatic carbocycles. The number of fused-ring (bicyclic) bond motifs is 1. The van der Waals surface area contributed by atoms with Crippen molar-refractivity contribution in [1.29, 1.82) is 5.26 Å². The van der Waals surface area contributed by atoms with Gasteiger partial charge in [-0.3, -0.25) is 4.57 Å². The normalized spacial score (nSPS) is 21.4. The molecule has 3 rings (SSSR count). The molecule has 2 atom stereocenters. The molecule has 0 radical (unpaired) electrons. The van der Waals surface area contributed by atoms with Crippen LogP contribution in [0.3, 0.4) is 0 Å². The fourth-order valence-electron chi connectivity index (χ4n) is 3.12. The fraction of sp³-hybridized carbons (Fsp3) is 0.471. The zero-order chi connectivity index (χ0) is 16.6. The number of nitrogens with zero attached hydrogens (tertiary/aromatic N) is 4. The number of aromatic nitrogens is 2. The van der Waals surface area contributed by atoms with Crippen LogP contribution in [0.2, 0.25) is 0 Å². The van der Waals surface area contributed by atoms with Gasteiger partial charge in [0, 0.05) is 37.6 Å². The number of piperazine rings is 1. The summed E-state index contributed by atoms with van der Waals surface area (Å²) in [6, 6.07) is 8.18. The van der Waals surface area contributed by atoms with Gasteiger partial charge < -0.3 is 10.2 Å². The smallest absolute Gasteiger partial charge is 0.349 e. The van der Waals surface area contributed by atoms with E-state index in [4.69, 9.17) is 0 Å². The second-order valence-corrected chi connectivity index (χ2v) is 6.14. The van der Waals surface area contributed by atoms with Crippen LogP contribution in [0.1, 0.15) is 25.8 Å². The van der Waals surface area contributed by atoms with Crippen molar-refractivity contribution in [3.8, 4) is 6.07 Å². The van der Waals surface area contributed by atoms with E-state index in [1.165, 1.54) is 4.57 Å². The maximum atomic E-state index is 12.3. The molecule has 0 amide bonds. The Labute approximate surface area is 135 Å². The van der Waals surface area contributed by atoms with E-state index in [1.807, 2.05) is 12.1 Å². The molecule has 1 fully saturated rings.